The van der Waals surface area contributed by atoms with Crippen LogP contribution in [-0.2, 0) is 0 Å². The third kappa shape index (κ3) is 3.16. The number of benzene rings is 1. The summed E-state index contributed by atoms with van der Waals surface area (Å²) in [4.78, 5) is 35.1. The number of nitrogens with zero attached hydrogens (tertiary/aromatic N) is 3. The Morgan fingerprint density at radius 1 is 1.04 bits per heavy atom. The van der Waals surface area contributed by atoms with Crippen molar-refractivity contribution >= 4 is 11.6 Å². The van der Waals surface area contributed by atoms with Crippen molar-refractivity contribution in [3.05, 3.63) is 58.3 Å². The van der Waals surface area contributed by atoms with E-state index in [1.165, 1.54) is 24.7 Å². The van der Waals surface area contributed by atoms with Gasteiger partial charge in [0.25, 0.3) is 5.91 Å². The van der Waals surface area contributed by atoms with Gasteiger partial charge in [0.05, 0.1) is 6.04 Å². The standard InChI is InChI=1S/C19H22N4O2/c24-18(14-5-7-15(8-6-14)22-11-1-2-12-22)23-13-3-4-17(23)16-9-10-20-19(25)21-16/h5-10,17H,1-4,11-13H2,(H,20,21,25). The average molecular weight is 338 g/mol. The molecule has 0 bridgehead atoms. The molecule has 1 amide bonds. The third-order valence-electron chi connectivity index (χ3n) is 5.16. The van der Waals surface area contributed by atoms with Gasteiger partial charge in [-0.1, -0.05) is 0 Å². The molecule has 1 atom stereocenters. The Labute approximate surface area is 146 Å². The molecule has 0 aliphatic carbocycles. The summed E-state index contributed by atoms with van der Waals surface area (Å²) in [5, 5.41) is 0. The maximum absolute atomic E-state index is 13.0. The van der Waals surface area contributed by atoms with E-state index in [-0.39, 0.29) is 17.6 Å². The lowest BCUT2D eigenvalue weighted by Crippen LogP contribution is -2.32. The van der Waals surface area contributed by atoms with Crippen LogP contribution < -0.4 is 10.6 Å². The second kappa shape index (κ2) is 6.70. The number of amides is 1. The second-order valence-electron chi connectivity index (χ2n) is 6.73. The molecule has 6 nitrogen and oxygen atoms in total. The summed E-state index contributed by atoms with van der Waals surface area (Å²) < 4.78 is 0. The number of carbonyl (C=O) groups is 1. The second-order valence-corrected chi connectivity index (χ2v) is 6.73. The topological polar surface area (TPSA) is 69.3 Å². The van der Waals surface area contributed by atoms with E-state index < -0.39 is 0 Å². The normalized spacial score (nSPS) is 20.2. The van der Waals surface area contributed by atoms with Gasteiger partial charge in [0, 0.05) is 42.8 Å². The Morgan fingerprint density at radius 2 is 1.80 bits per heavy atom. The van der Waals surface area contributed by atoms with Crippen LogP contribution in [0.3, 0.4) is 0 Å². The maximum Gasteiger partial charge on any atom is 0.345 e. The molecule has 4 rings (SSSR count). The molecule has 2 aromatic rings. The fourth-order valence-corrected chi connectivity index (χ4v) is 3.87. The Hall–Kier alpha value is -2.63. The van der Waals surface area contributed by atoms with Crippen LogP contribution in [0.5, 0.6) is 0 Å². The summed E-state index contributed by atoms with van der Waals surface area (Å²) in [6.07, 6.45) is 5.77. The summed E-state index contributed by atoms with van der Waals surface area (Å²) in [6, 6.07) is 9.62. The molecule has 6 heteroatoms. The van der Waals surface area contributed by atoms with Gasteiger partial charge in [-0.05, 0) is 56.0 Å². The Balaban J connectivity index is 1.54. The number of hydrogen-bond donors (Lipinski definition) is 1. The highest BCUT2D eigenvalue weighted by molar-refractivity contribution is 5.95. The maximum atomic E-state index is 13.0. The summed E-state index contributed by atoms with van der Waals surface area (Å²) >= 11 is 0. The first-order valence-corrected chi connectivity index (χ1v) is 8.93. The van der Waals surface area contributed by atoms with Gasteiger partial charge >= 0.3 is 5.69 Å². The molecule has 2 aliphatic rings. The molecule has 2 saturated heterocycles. The van der Waals surface area contributed by atoms with E-state index in [2.05, 4.69) is 14.9 Å². The van der Waals surface area contributed by atoms with Crippen LogP contribution in [0.4, 0.5) is 5.69 Å². The van der Waals surface area contributed by atoms with Crippen LogP contribution in [0.1, 0.15) is 47.8 Å². The quantitative estimate of drug-likeness (QED) is 0.933. The van der Waals surface area contributed by atoms with Gasteiger partial charge in [-0.2, -0.15) is 0 Å². The zero-order valence-electron chi connectivity index (χ0n) is 14.1. The predicted octanol–water partition coefficient (Wildman–Crippen LogP) is 2.35. The average Bonchev–Trinajstić information content (AvgIpc) is 3.33. The van der Waals surface area contributed by atoms with Crippen molar-refractivity contribution in [1.82, 2.24) is 14.9 Å². The monoisotopic (exact) mass is 338 g/mol. The molecule has 1 N–H and O–H groups in total. The largest absolute Gasteiger partial charge is 0.372 e. The molecular weight excluding hydrogens is 316 g/mol. The Morgan fingerprint density at radius 3 is 2.52 bits per heavy atom. The van der Waals surface area contributed by atoms with E-state index in [0.717, 1.165) is 31.6 Å². The molecule has 1 aromatic heterocycles. The number of anilines is 1. The van der Waals surface area contributed by atoms with E-state index in [1.807, 2.05) is 29.2 Å². The summed E-state index contributed by atoms with van der Waals surface area (Å²) in [7, 11) is 0. The van der Waals surface area contributed by atoms with E-state index in [9.17, 15) is 9.59 Å². The zero-order chi connectivity index (χ0) is 17.2. The van der Waals surface area contributed by atoms with Crippen LogP contribution in [0.15, 0.2) is 41.3 Å². The summed E-state index contributed by atoms with van der Waals surface area (Å²) in [6.45, 7) is 2.90. The van der Waals surface area contributed by atoms with Crippen LogP contribution in [0.25, 0.3) is 0 Å². The van der Waals surface area contributed by atoms with E-state index >= 15 is 0 Å². The van der Waals surface area contributed by atoms with Gasteiger partial charge in [0.2, 0.25) is 0 Å². The zero-order valence-corrected chi connectivity index (χ0v) is 14.1. The first-order valence-electron chi connectivity index (χ1n) is 8.93. The molecule has 2 fully saturated rings. The minimum absolute atomic E-state index is 0.0214. The molecule has 0 spiro atoms. The lowest BCUT2D eigenvalue weighted by molar-refractivity contribution is 0.0732. The molecule has 1 aromatic carbocycles. The van der Waals surface area contributed by atoms with Crippen molar-refractivity contribution in [2.24, 2.45) is 0 Å². The first-order chi connectivity index (χ1) is 12.2. The minimum atomic E-state index is -0.369. The van der Waals surface area contributed by atoms with Crippen LogP contribution in [-0.4, -0.2) is 40.4 Å². The number of rotatable bonds is 3. The van der Waals surface area contributed by atoms with Crippen molar-refractivity contribution in [3.8, 4) is 0 Å². The highest BCUT2D eigenvalue weighted by Gasteiger charge is 2.31. The SMILES string of the molecule is O=C(c1ccc(N2CCCC2)cc1)N1CCCC1c1ccnc(=O)[nH]1. The molecule has 0 radical (unpaired) electrons. The molecule has 1 unspecified atom stereocenters. The number of carbonyl (C=O) groups excluding carboxylic acids is 1. The molecule has 0 saturated carbocycles. The smallest absolute Gasteiger partial charge is 0.345 e. The van der Waals surface area contributed by atoms with Gasteiger partial charge < -0.3 is 14.8 Å². The van der Waals surface area contributed by atoms with Gasteiger partial charge in [0.15, 0.2) is 0 Å². The molecule has 3 heterocycles. The molecule has 2 aliphatic heterocycles. The third-order valence-corrected chi connectivity index (χ3v) is 5.16. The van der Waals surface area contributed by atoms with Crippen LogP contribution >= 0.6 is 0 Å². The number of aromatic nitrogens is 2. The molecular formula is C19H22N4O2. The van der Waals surface area contributed by atoms with E-state index in [4.69, 9.17) is 0 Å². The highest BCUT2D eigenvalue weighted by atomic mass is 16.2. The van der Waals surface area contributed by atoms with E-state index in [1.54, 1.807) is 6.07 Å². The lowest BCUT2D eigenvalue weighted by atomic mass is 10.1. The number of aromatic amines is 1. The number of hydrogen-bond acceptors (Lipinski definition) is 4. The van der Waals surface area contributed by atoms with Crippen LogP contribution in [0.2, 0.25) is 0 Å². The highest BCUT2D eigenvalue weighted by Crippen LogP contribution is 2.32. The number of nitrogens with one attached hydrogen (secondary N) is 1. The number of likely N-dealkylation sites (tertiary alicyclic amines) is 1. The van der Waals surface area contributed by atoms with Gasteiger partial charge in [-0.3, -0.25) is 4.79 Å². The van der Waals surface area contributed by atoms with Crippen molar-refractivity contribution in [2.45, 2.75) is 31.7 Å². The fourth-order valence-electron chi connectivity index (χ4n) is 3.87. The number of H-pyrrole nitrogens is 1. The van der Waals surface area contributed by atoms with Gasteiger partial charge in [0.1, 0.15) is 0 Å². The fraction of sp³-hybridized carbons (Fsp3) is 0.421. The summed E-state index contributed by atoms with van der Waals surface area (Å²) in [5.74, 6) is 0.0214. The van der Waals surface area contributed by atoms with Gasteiger partial charge in [-0.25, -0.2) is 9.78 Å². The van der Waals surface area contributed by atoms with Crippen LogP contribution in [0, 0.1) is 0 Å². The van der Waals surface area contributed by atoms with Gasteiger partial charge in [-0.15, -0.1) is 0 Å². The Bertz CT molecular complexity index is 809. The Kier molecular flexibility index (Phi) is 4.26. The minimum Gasteiger partial charge on any atom is -0.372 e. The van der Waals surface area contributed by atoms with Crippen molar-refractivity contribution in [3.63, 3.8) is 0 Å². The van der Waals surface area contributed by atoms with E-state index in [0.29, 0.717) is 12.1 Å². The molecule has 130 valence electrons. The van der Waals surface area contributed by atoms with Crippen molar-refractivity contribution in [1.29, 1.82) is 0 Å². The van der Waals surface area contributed by atoms with Crippen molar-refractivity contribution < 1.29 is 4.79 Å². The predicted molar refractivity (Wildman–Crippen MR) is 95.8 cm³/mol. The lowest BCUT2D eigenvalue weighted by Gasteiger charge is -2.25. The first kappa shape index (κ1) is 15.9. The molecule has 25 heavy (non-hydrogen) atoms. The van der Waals surface area contributed by atoms with Crippen molar-refractivity contribution in [2.75, 3.05) is 24.5 Å². The summed E-state index contributed by atoms with van der Waals surface area (Å²) in [5.41, 5.74) is 2.28.